The van der Waals surface area contributed by atoms with Gasteiger partial charge in [0.2, 0.25) is 0 Å². The summed E-state index contributed by atoms with van der Waals surface area (Å²) in [7, 11) is 1.70. The first-order valence-electron chi connectivity index (χ1n) is 5.02. The van der Waals surface area contributed by atoms with Crippen molar-refractivity contribution in [1.82, 2.24) is 15.5 Å². The van der Waals surface area contributed by atoms with Crippen LogP contribution < -0.4 is 10.6 Å². The fraction of sp³-hybridized carbons (Fsp3) is 0.889. The lowest BCUT2D eigenvalue weighted by Gasteiger charge is -2.36. The highest BCUT2D eigenvalue weighted by molar-refractivity contribution is 5.74. The number of hydrogen-bond donors (Lipinski definition) is 2. The van der Waals surface area contributed by atoms with Crippen molar-refractivity contribution in [2.45, 2.75) is 18.9 Å². The maximum Gasteiger partial charge on any atom is 0.317 e. The van der Waals surface area contributed by atoms with Crippen molar-refractivity contribution < 1.29 is 4.79 Å². The van der Waals surface area contributed by atoms with E-state index in [9.17, 15) is 4.79 Å². The molecule has 2 rings (SSSR count). The summed E-state index contributed by atoms with van der Waals surface area (Å²) in [6, 6.07) is 0.520. The van der Waals surface area contributed by atoms with Crippen LogP contribution in [-0.4, -0.2) is 43.7 Å². The first-order chi connectivity index (χ1) is 6.33. The lowest BCUT2D eigenvalue weighted by Crippen LogP contribution is -2.56. The first-order valence-corrected chi connectivity index (χ1v) is 5.02. The molecule has 74 valence electrons. The number of nitrogens with zero attached hydrogens (tertiary/aromatic N) is 1. The van der Waals surface area contributed by atoms with Gasteiger partial charge in [-0.15, -0.1) is 0 Å². The maximum absolute atomic E-state index is 11.5. The van der Waals surface area contributed by atoms with Gasteiger partial charge in [-0.05, 0) is 18.8 Å². The highest BCUT2D eigenvalue weighted by atomic mass is 16.2. The van der Waals surface area contributed by atoms with E-state index in [2.05, 4.69) is 10.6 Å². The molecule has 1 aliphatic heterocycles. The Bertz CT molecular complexity index is 203. The van der Waals surface area contributed by atoms with Crippen LogP contribution in [0.1, 0.15) is 12.8 Å². The predicted octanol–water partition coefficient (Wildman–Crippen LogP) is 0.00960. The summed E-state index contributed by atoms with van der Waals surface area (Å²) < 4.78 is 0. The van der Waals surface area contributed by atoms with Gasteiger partial charge in [0.15, 0.2) is 0 Å². The zero-order chi connectivity index (χ0) is 9.26. The van der Waals surface area contributed by atoms with Gasteiger partial charge < -0.3 is 15.5 Å². The van der Waals surface area contributed by atoms with Gasteiger partial charge in [-0.1, -0.05) is 0 Å². The second-order valence-electron chi connectivity index (χ2n) is 3.86. The van der Waals surface area contributed by atoms with Crippen LogP contribution in [0.5, 0.6) is 0 Å². The van der Waals surface area contributed by atoms with Crippen LogP contribution >= 0.6 is 0 Å². The van der Waals surface area contributed by atoms with Crippen molar-refractivity contribution in [3.05, 3.63) is 0 Å². The molecule has 1 unspecified atom stereocenters. The second-order valence-corrected chi connectivity index (χ2v) is 3.86. The number of hydrogen-bond acceptors (Lipinski definition) is 2. The first kappa shape index (κ1) is 8.81. The predicted molar refractivity (Wildman–Crippen MR) is 50.5 cm³/mol. The van der Waals surface area contributed by atoms with E-state index >= 15 is 0 Å². The quantitative estimate of drug-likeness (QED) is 0.601. The lowest BCUT2D eigenvalue weighted by molar-refractivity contribution is 0.150. The topological polar surface area (TPSA) is 44.4 Å². The second kappa shape index (κ2) is 3.54. The molecule has 4 heteroatoms. The van der Waals surface area contributed by atoms with Crippen LogP contribution in [0.15, 0.2) is 0 Å². The van der Waals surface area contributed by atoms with Gasteiger partial charge in [-0.3, -0.25) is 0 Å². The van der Waals surface area contributed by atoms with Crippen LogP contribution in [-0.2, 0) is 0 Å². The summed E-state index contributed by atoms with van der Waals surface area (Å²) in [4.78, 5) is 13.5. The molecule has 1 atom stereocenters. The van der Waals surface area contributed by atoms with E-state index in [4.69, 9.17) is 0 Å². The number of rotatable bonds is 1. The van der Waals surface area contributed by atoms with E-state index in [0.29, 0.717) is 6.04 Å². The third-order valence-electron chi connectivity index (χ3n) is 2.92. The summed E-state index contributed by atoms with van der Waals surface area (Å²) in [6.07, 6.45) is 2.58. The van der Waals surface area contributed by atoms with Crippen molar-refractivity contribution >= 4 is 6.03 Å². The van der Waals surface area contributed by atoms with Gasteiger partial charge >= 0.3 is 6.03 Å². The number of carbonyl (C=O) groups is 1. The standard InChI is InChI=1S/C9H17N3O/c1-10-9(13)12-5-4-11-6-8(12)7-2-3-7/h7-8,11H,2-6H2,1H3,(H,10,13). The zero-order valence-corrected chi connectivity index (χ0v) is 8.05. The van der Waals surface area contributed by atoms with Gasteiger partial charge in [0.25, 0.3) is 0 Å². The van der Waals surface area contributed by atoms with Gasteiger partial charge in [0, 0.05) is 32.7 Å². The summed E-state index contributed by atoms with van der Waals surface area (Å²) >= 11 is 0. The zero-order valence-electron chi connectivity index (χ0n) is 8.05. The highest BCUT2D eigenvalue weighted by Gasteiger charge is 2.38. The molecule has 2 fully saturated rings. The summed E-state index contributed by atoms with van der Waals surface area (Å²) in [5, 5.41) is 6.05. The molecule has 2 N–H and O–H groups in total. The molecule has 1 heterocycles. The van der Waals surface area contributed by atoms with E-state index in [1.165, 1.54) is 12.8 Å². The minimum absolute atomic E-state index is 0.0819. The van der Waals surface area contributed by atoms with Gasteiger partial charge in [0.05, 0.1) is 0 Å². The molecular weight excluding hydrogens is 166 g/mol. The molecule has 4 nitrogen and oxygen atoms in total. The Morgan fingerprint density at radius 1 is 1.54 bits per heavy atom. The summed E-state index contributed by atoms with van der Waals surface area (Å²) in [6.45, 7) is 2.75. The number of carbonyl (C=O) groups excluding carboxylic acids is 1. The van der Waals surface area contributed by atoms with Crippen LogP contribution in [0.2, 0.25) is 0 Å². The van der Waals surface area contributed by atoms with Crippen molar-refractivity contribution in [3.63, 3.8) is 0 Å². The van der Waals surface area contributed by atoms with Gasteiger partial charge in [0.1, 0.15) is 0 Å². The van der Waals surface area contributed by atoms with E-state index < -0.39 is 0 Å². The van der Waals surface area contributed by atoms with Crippen molar-refractivity contribution in [3.8, 4) is 0 Å². The molecule has 1 saturated heterocycles. The van der Waals surface area contributed by atoms with Crippen molar-refractivity contribution in [2.24, 2.45) is 5.92 Å². The van der Waals surface area contributed by atoms with Crippen LogP contribution in [0, 0.1) is 5.92 Å². The molecule has 0 aromatic heterocycles. The monoisotopic (exact) mass is 183 g/mol. The minimum atomic E-state index is 0.0819. The molecule has 1 saturated carbocycles. The van der Waals surface area contributed by atoms with E-state index in [0.717, 1.165) is 25.6 Å². The summed E-state index contributed by atoms with van der Waals surface area (Å²) in [5.41, 5.74) is 0. The van der Waals surface area contributed by atoms with Crippen LogP contribution in [0.25, 0.3) is 0 Å². The van der Waals surface area contributed by atoms with Crippen LogP contribution in [0.3, 0.4) is 0 Å². The Hall–Kier alpha value is -0.770. The molecule has 0 aromatic rings. The van der Waals surface area contributed by atoms with Gasteiger partial charge in [-0.25, -0.2) is 4.79 Å². The smallest absolute Gasteiger partial charge is 0.317 e. The number of urea groups is 1. The van der Waals surface area contributed by atoms with Gasteiger partial charge in [-0.2, -0.15) is 0 Å². The average molecular weight is 183 g/mol. The lowest BCUT2D eigenvalue weighted by atomic mass is 10.1. The SMILES string of the molecule is CNC(=O)N1CCNCC1C1CC1. The normalized spacial score (nSPS) is 28.7. The third-order valence-corrected chi connectivity index (χ3v) is 2.92. The Kier molecular flexibility index (Phi) is 2.40. The van der Waals surface area contributed by atoms with Crippen molar-refractivity contribution in [1.29, 1.82) is 0 Å². The Morgan fingerprint density at radius 2 is 2.31 bits per heavy atom. The maximum atomic E-state index is 11.5. The molecular formula is C9H17N3O. The Balaban J connectivity index is 1.99. The molecule has 13 heavy (non-hydrogen) atoms. The van der Waals surface area contributed by atoms with E-state index in [-0.39, 0.29) is 6.03 Å². The fourth-order valence-electron chi connectivity index (χ4n) is 2.02. The largest absolute Gasteiger partial charge is 0.341 e. The summed E-state index contributed by atoms with van der Waals surface area (Å²) in [5.74, 6) is 0.755. The number of amides is 2. The average Bonchev–Trinajstić information content (AvgIpc) is 3.00. The molecule has 0 bridgehead atoms. The van der Waals surface area contributed by atoms with E-state index in [1.54, 1.807) is 7.05 Å². The highest BCUT2D eigenvalue weighted by Crippen LogP contribution is 2.35. The molecule has 0 aromatic carbocycles. The third kappa shape index (κ3) is 1.77. The fourth-order valence-corrected chi connectivity index (χ4v) is 2.02. The molecule has 2 aliphatic rings. The Labute approximate surface area is 78.7 Å². The minimum Gasteiger partial charge on any atom is -0.341 e. The van der Waals surface area contributed by atoms with Crippen molar-refractivity contribution in [2.75, 3.05) is 26.7 Å². The number of piperazine rings is 1. The molecule has 1 aliphatic carbocycles. The number of nitrogens with one attached hydrogen (secondary N) is 2. The van der Waals surface area contributed by atoms with Crippen LogP contribution in [0.4, 0.5) is 4.79 Å². The van der Waals surface area contributed by atoms with E-state index in [1.807, 2.05) is 4.90 Å². The molecule has 0 spiro atoms. The molecule has 2 amide bonds. The molecule has 0 radical (unpaired) electrons. The Morgan fingerprint density at radius 3 is 2.92 bits per heavy atom.